The summed E-state index contributed by atoms with van der Waals surface area (Å²) in [6, 6.07) is 17.1. The summed E-state index contributed by atoms with van der Waals surface area (Å²) in [6.07, 6.45) is 4.17. The van der Waals surface area contributed by atoms with Crippen LogP contribution in [0.5, 0.6) is 0 Å². The van der Waals surface area contributed by atoms with Gasteiger partial charge in [-0.15, -0.1) is 11.8 Å². The number of amides is 2. The minimum absolute atomic E-state index is 0.0565. The molecule has 0 bridgehead atoms. The lowest BCUT2D eigenvalue weighted by atomic mass is 9.89. The fraction of sp³-hybridized carbons (Fsp3) is 0.273. The molecule has 3 saturated heterocycles. The second kappa shape index (κ2) is 7.07. The van der Waals surface area contributed by atoms with Crippen molar-refractivity contribution in [3.63, 3.8) is 0 Å². The smallest absolute Gasteiger partial charge is 0.239 e. The van der Waals surface area contributed by atoms with E-state index in [-0.39, 0.29) is 35.7 Å². The van der Waals surface area contributed by atoms with Crippen molar-refractivity contribution in [3.05, 3.63) is 71.3 Å². The topological polar surface area (TPSA) is 40.6 Å². The lowest BCUT2D eigenvalue weighted by molar-refractivity contribution is -0.123. The highest BCUT2D eigenvalue weighted by molar-refractivity contribution is 7.99. The molecule has 6 heteroatoms. The first-order valence-corrected chi connectivity index (χ1v) is 10.9. The number of hydrogen-bond donors (Lipinski definition) is 0. The number of carbonyl (C=O) groups is 2. The molecule has 4 atom stereocenters. The molecule has 0 saturated carbocycles. The minimum Gasteiger partial charge on any atom is -0.282 e. The zero-order valence-corrected chi connectivity index (χ0v) is 16.6. The molecular weight excluding hydrogens is 392 g/mol. The van der Waals surface area contributed by atoms with E-state index >= 15 is 0 Å². The van der Waals surface area contributed by atoms with E-state index in [1.54, 1.807) is 24.3 Å². The van der Waals surface area contributed by atoms with Gasteiger partial charge in [0.15, 0.2) is 0 Å². The van der Waals surface area contributed by atoms with Crippen LogP contribution in [0.25, 0.3) is 6.08 Å². The highest BCUT2D eigenvalue weighted by atomic mass is 35.5. The van der Waals surface area contributed by atoms with E-state index in [4.69, 9.17) is 11.6 Å². The quantitative estimate of drug-likeness (QED) is 0.719. The highest BCUT2D eigenvalue weighted by Crippen LogP contribution is 2.48. The van der Waals surface area contributed by atoms with Gasteiger partial charge < -0.3 is 0 Å². The van der Waals surface area contributed by atoms with E-state index in [9.17, 15) is 9.59 Å². The number of anilines is 1. The van der Waals surface area contributed by atoms with Gasteiger partial charge in [-0.1, -0.05) is 54.1 Å². The molecule has 0 aromatic heterocycles. The molecular formula is C22H19ClN2O2S. The normalized spacial score (nSPS) is 29.7. The van der Waals surface area contributed by atoms with Crippen molar-refractivity contribution < 1.29 is 9.59 Å². The van der Waals surface area contributed by atoms with Crippen molar-refractivity contribution in [1.82, 2.24) is 4.90 Å². The third kappa shape index (κ3) is 2.81. The van der Waals surface area contributed by atoms with Gasteiger partial charge >= 0.3 is 0 Å². The fourth-order valence-corrected chi connectivity index (χ4v) is 6.06. The fourth-order valence-electron chi connectivity index (χ4n) is 4.62. The predicted octanol–water partition coefficient (Wildman–Crippen LogP) is 3.92. The van der Waals surface area contributed by atoms with Crippen LogP contribution in [0.3, 0.4) is 0 Å². The molecule has 3 heterocycles. The maximum absolute atomic E-state index is 13.3. The first kappa shape index (κ1) is 18.0. The monoisotopic (exact) mass is 410 g/mol. The molecule has 3 aliphatic heterocycles. The van der Waals surface area contributed by atoms with E-state index in [0.717, 1.165) is 17.2 Å². The third-order valence-corrected chi connectivity index (χ3v) is 7.20. The molecule has 2 aromatic rings. The van der Waals surface area contributed by atoms with Gasteiger partial charge in [0.05, 0.1) is 17.5 Å². The molecule has 142 valence electrons. The number of thioether (sulfide) groups is 1. The zero-order valence-electron chi connectivity index (χ0n) is 15.1. The molecule has 0 aliphatic carbocycles. The summed E-state index contributed by atoms with van der Waals surface area (Å²) in [7, 11) is 0. The van der Waals surface area contributed by atoms with Gasteiger partial charge in [0, 0.05) is 28.7 Å². The number of hydrogen-bond acceptors (Lipinski definition) is 4. The van der Waals surface area contributed by atoms with Gasteiger partial charge in [-0.25, -0.2) is 4.90 Å². The van der Waals surface area contributed by atoms with Crippen LogP contribution in [-0.4, -0.2) is 40.4 Å². The molecule has 0 N–H and O–H groups in total. The lowest BCUT2D eigenvalue weighted by Crippen LogP contribution is -2.42. The second-order valence-corrected chi connectivity index (χ2v) is 8.82. The van der Waals surface area contributed by atoms with Crippen LogP contribution in [0.4, 0.5) is 5.69 Å². The van der Waals surface area contributed by atoms with Gasteiger partial charge in [-0.2, -0.15) is 0 Å². The standard InChI is InChI=1S/C22H19ClN2O2S/c23-15-7-9-16(10-8-15)25-21(26)19-17(11-6-14-4-2-1-3-5-14)24-13-28-12-18(24)20(19)22(25)27/h1-11,17-20H,12-13H2/b11-6+/t17-,18-,19+,20-/m1/s1. The van der Waals surface area contributed by atoms with Crippen LogP contribution in [-0.2, 0) is 9.59 Å². The number of imide groups is 1. The van der Waals surface area contributed by atoms with Crippen molar-refractivity contribution >= 4 is 46.9 Å². The molecule has 3 aliphatic rings. The Morgan fingerprint density at radius 2 is 1.68 bits per heavy atom. The lowest BCUT2D eigenvalue weighted by Gasteiger charge is -2.25. The highest BCUT2D eigenvalue weighted by Gasteiger charge is 2.62. The number of halogens is 1. The summed E-state index contributed by atoms with van der Waals surface area (Å²) in [5.41, 5.74) is 1.71. The van der Waals surface area contributed by atoms with Crippen molar-refractivity contribution in [3.8, 4) is 0 Å². The summed E-state index contributed by atoms with van der Waals surface area (Å²) in [4.78, 5) is 30.3. The van der Waals surface area contributed by atoms with E-state index in [1.165, 1.54) is 4.90 Å². The van der Waals surface area contributed by atoms with Gasteiger partial charge in [-0.05, 0) is 29.8 Å². The molecule has 0 radical (unpaired) electrons. The Kier molecular flexibility index (Phi) is 4.54. The molecule has 4 nitrogen and oxygen atoms in total. The molecule has 5 rings (SSSR count). The molecule has 0 unspecified atom stereocenters. The summed E-state index contributed by atoms with van der Waals surface area (Å²) in [5.74, 6) is 0.982. The van der Waals surface area contributed by atoms with Crippen LogP contribution in [0.2, 0.25) is 5.02 Å². The first-order valence-electron chi connectivity index (χ1n) is 9.35. The Balaban J connectivity index is 1.50. The van der Waals surface area contributed by atoms with Crippen LogP contribution >= 0.6 is 23.4 Å². The number of carbonyl (C=O) groups excluding carboxylic acids is 2. The van der Waals surface area contributed by atoms with E-state index in [1.807, 2.05) is 42.1 Å². The second-order valence-electron chi connectivity index (χ2n) is 7.38. The number of fused-ring (bicyclic) bond motifs is 3. The molecule has 28 heavy (non-hydrogen) atoms. The van der Waals surface area contributed by atoms with E-state index in [0.29, 0.717) is 10.7 Å². The Bertz CT molecular complexity index is 947. The van der Waals surface area contributed by atoms with Crippen molar-refractivity contribution in [2.45, 2.75) is 12.1 Å². The van der Waals surface area contributed by atoms with Crippen molar-refractivity contribution in [2.75, 3.05) is 16.5 Å². The average molecular weight is 411 g/mol. The minimum atomic E-state index is -0.325. The van der Waals surface area contributed by atoms with Crippen LogP contribution < -0.4 is 4.90 Å². The summed E-state index contributed by atoms with van der Waals surface area (Å²) in [5, 5.41) is 0.588. The molecule has 0 spiro atoms. The number of benzene rings is 2. The van der Waals surface area contributed by atoms with Crippen LogP contribution in [0.1, 0.15) is 5.56 Å². The summed E-state index contributed by atoms with van der Waals surface area (Å²) >= 11 is 7.81. The van der Waals surface area contributed by atoms with Gasteiger partial charge in [0.2, 0.25) is 11.8 Å². The summed E-state index contributed by atoms with van der Waals surface area (Å²) < 4.78 is 0. The van der Waals surface area contributed by atoms with Gasteiger partial charge in [0.1, 0.15) is 0 Å². The number of nitrogens with zero attached hydrogens (tertiary/aromatic N) is 2. The largest absolute Gasteiger partial charge is 0.282 e. The number of rotatable bonds is 3. The Hall–Kier alpha value is -2.08. The Morgan fingerprint density at radius 3 is 2.43 bits per heavy atom. The molecule has 2 amide bonds. The van der Waals surface area contributed by atoms with Gasteiger partial charge in [0.25, 0.3) is 0 Å². The van der Waals surface area contributed by atoms with Gasteiger partial charge in [-0.3, -0.25) is 14.5 Å². The molecule has 3 fully saturated rings. The first-order chi connectivity index (χ1) is 13.6. The molecule has 2 aromatic carbocycles. The van der Waals surface area contributed by atoms with Crippen LogP contribution in [0.15, 0.2) is 60.7 Å². The van der Waals surface area contributed by atoms with Crippen molar-refractivity contribution in [1.29, 1.82) is 0 Å². The maximum atomic E-state index is 13.3. The van der Waals surface area contributed by atoms with E-state index in [2.05, 4.69) is 17.1 Å². The maximum Gasteiger partial charge on any atom is 0.239 e. The van der Waals surface area contributed by atoms with E-state index < -0.39 is 0 Å². The Labute approximate surface area is 173 Å². The van der Waals surface area contributed by atoms with Crippen molar-refractivity contribution in [2.24, 2.45) is 11.8 Å². The Morgan fingerprint density at radius 1 is 0.964 bits per heavy atom. The zero-order chi connectivity index (χ0) is 19.3. The van der Waals surface area contributed by atoms with Crippen LogP contribution in [0, 0.1) is 11.8 Å². The predicted molar refractivity (Wildman–Crippen MR) is 113 cm³/mol. The third-order valence-electron chi connectivity index (χ3n) is 5.89. The SMILES string of the molecule is O=C1[C@@H]2[C@H](C(=O)N1c1ccc(Cl)cc1)[C@H]1CSCN1[C@@H]2/C=C/c1ccccc1. The average Bonchev–Trinajstić information content (AvgIpc) is 3.35. The summed E-state index contributed by atoms with van der Waals surface area (Å²) in [6.45, 7) is 0.